The van der Waals surface area contributed by atoms with E-state index >= 15 is 0 Å². The van der Waals surface area contributed by atoms with Crippen LogP contribution in [0.25, 0.3) is 11.0 Å². The lowest BCUT2D eigenvalue weighted by Crippen LogP contribution is -2.35. The number of methoxy groups -OCH3 is 1. The largest absolute Gasteiger partial charge is 0.484 e. The Balaban J connectivity index is 0.00000288. The van der Waals surface area contributed by atoms with Gasteiger partial charge in [0.1, 0.15) is 11.3 Å². The summed E-state index contributed by atoms with van der Waals surface area (Å²) in [6, 6.07) is 8.12. The van der Waals surface area contributed by atoms with Crippen molar-refractivity contribution >= 4 is 29.3 Å². The maximum absolute atomic E-state index is 11.7. The number of nitrogens with one attached hydrogen (secondary N) is 2. The Hall–Kier alpha value is -2.09. The second kappa shape index (κ2) is 10.6. The zero-order valence-electron chi connectivity index (χ0n) is 13.4. The van der Waals surface area contributed by atoms with Gasteiger partial charge in [0.15, 0.2) is 6.61 Å². The summed E-state index contributed by atoms with van der Waals surface area (Å²) >= 11 is 0. The summed E-state index contributed by atoms with van der Waals surface area (Å²) in [4.78, 5) is 22.8. The van der Waals surface area contributed by atoms with Crippen LogP contribution in [-0.4, -0.2) is 45.9 Å². The van der Waals surface area contributed by atoms with Crippen LogP contribution in [0.2, 0.25) is 0 Å². The van der Waals surface area contributed by atoms with Gasteiger partial charge in [0.2, 0.25) is 0 Å². The van der Waals surface area contributed by atoms with Gasteiger partial charge in [-0.25, -0.2) is 4.79 Å². The van der Waals surface area contributed by atoms with E-state index < -0.39 is 5.63 Å². The fourth-order valence-electron chi connectivity index (χ4n) is 1.92. The average Bonchev–Trinajstić information content (AvgIpc) is 2.55. The third-order valence-electron chi connectivity index (χ3n) is 3.07. The molecule has 0 fully saturated rings. The molecule has 0 radical (unpaired) electrons. The maximum Gasteiger partial charge on any atom is 0.336 e. The molecule has 7 nitrogen and oxygen atoms in total. The van der Waals surface area contributed by atoms with Gasteiger partial charge in [-0.3, -0.25) is 4.79 Å². The van der Waals surface area contributed by atoms with Crippen LogP contribution in [0.1, 0.15) is 0 Å². The number of halogens is 1. The van der Waals surface area contributed by atoms with Crippen LogP contribution in [0, 0.1) is 0 Å². The standard InChI is InChI=1S/C16H20N2O5.ClH/c1-21-9-8-17-6-7-18-15(19)11-22-13-4-2-12-3-5-16(20)23-14(12)10-13;/h2-5,10,17H,6-9,11H2,1H3,(H,18,19);1H. The molecule has 0 aliphatic heterocycles. The molecule has 0 unspecified atom stereocenters. The summed E-state index contributed by atoms with van der Waals surface area (Å²) in [6.07, 6.45) is 0. The van der Waals surface area contributed by atoms with Crippen molar-refractivity contribution in [2.45, 2.75) is 0 Å². The van der Waals surface area contributed by atoms with Crippen LogP contribution in [0.3, 0.4) is 0 Å². The summed E-state index contributed by atoms with van der Waals surface area (Å²) in [5, 5.41) is 6.65. The Kier molecular flexibility index (Phi) is 8.85. The summed E-state index contributed by atoms with van der Waals surface area (Å²) in [6.45, 7) is 2.45. The molecule has 2 rings (SSSR count). The zero-order valence-corrected chi connectivity index (χ0v) is 14.2. The fraction of sp³-hybridized carbons (Fsp3) is 0.375. The van der Waals surface area contributed by atoms with Crippen molar-refractivity contribution in [2.24, 2.45) is 0 Å². The second-order valence-corrected chi connectivity index (χ2v) is 4.84. The Morgan fingerprint density at radius 1 is 1.17 bits per heavy atom. The quantitative estimate of drug-likeness (QED) is 0.513. The first-order valence-electron chi connectivity index (χ1n) is 7.32. The molecule has 8 heteroatoms. The molecule has 0 aliphatic carbocycles. The van der Waals surface area contributed by atoms with Gasteiger partial charge in [-0.05, 0) is 18.2 Å². The van der Waals surface area contributed by atoms with Crippen LogP contribution in [0.15, 0.2) is 39.5 Å². The van der Waals surface area contributed by atoms with Gasteiger partial charge in [-0.1, -0.05) is 0 Å². The van der Waals surface area contributed by atoms with Crippen LogP contribution >= 0.6 is 12.4 Å². The van der Waals surface area contributed by atoms with E-state index in [0.29, 0.717) is 31.0 Å². The first-order chi connectivity index (χ1) is 11.2. The topological polar surface area (TPSA) is 89.8 Å². The number of hydrogen-bond acceptors (Lipinski definition) is 6. The number of carbonyl (C=O) groups excluding carboxylic acids is 1. The highest BCUT2D eigenvalue weighted by Gasteiger charge is 2.04. The van der Waals surface area contributed by atoms with Gasteiger partial charge in [0.05, 0.1) is 6.61 Å². The third kappa shape index (κ3) is 6.57. The minimum Gasteiger partial charge on any atom is -0.484 e. The molecule has 1 aromatic heterocycles. The SMILES string of the molecule is COCCNCCNC(=O)COc1ccc2ccc(=O)oc2c1.Cl. The molecule has 2 N–H and O–H groups in total. The number of carbonyl (C=O) groups is 1. The minimum absolute atomic E-state index is 0. The van der Waals surface area contributed by atoms with Crippen molar-refractivity contribution in [3.05, 3.63) is 40.8 Å². The smallest absolute Gasteiger partial charge is 0.336 e. The molecule has 1 heterocycles. The molecule has 0 saturated carbocycles. The number of fused-ring (bicyclic) bond motifs is 1. The fourth-order valence-corrected chi connectivity index (χ4v) is 1.92. The van der Waals surface area contributed by atoms with E-state index in [9.17, 15) is 9.59 Å². The lowest BCUT2D eigenvalue weighted by atomic mass is 10.2. The Morgan fingerprint density at radius 2 is 1.96 bits per heavy atom. The van der Waals surface area contributed by atoms with Crippen molar-refractivity contribution in [1.29, 1.82) is 0 Å². The molecule has 24 heavy (non-hydrogen) atoms. The molecule has 0 bridgehead atoms. The molecule has 0 saturated heterocycles. The first kappa shape index (κ1) is 20.0. The predicted molar refractivity (Wildman–Crippen MR) is 93.0 cm³/mol. The van der Waals surface area contributed by atoms with Crippen LogP contribution in [0.5, 0.6) is 5.75 Å². The molecule has 0 atom stereocenters. The van der Waals surface area contributed by atoms with Crippen LogP contribution in [0.4, 0.5) is 0 Å². The van der Waals surface area contributed by atoms with Crippen LogP contribution in [-0.2, 0) is 9.53 Å². The molecule has 1 amide bonds. The molecule has 0 spiro atoms. The number of rotatable bonds is 9. The van der Waals surface area contributed by atoms with Gasteiger partial charge in [-0.2, -0.15) is 0 Å². The van der Waals surface area contributed by atoms with Gasteiger partial charge in [0, 0.05) is 44.3 Å². The summed E-state index contributed by atoms with van der Waals surface area (Å²) < 4.78 is 15.4. The van der Waals surface area contributed by atoms with Crippen LogP contribution < -0.4 is 21.0 Å². The summed E-state index contributed by atoms with van der Waals surface area (Å²) in [7, 11) is 1.64. The summed E-state index contributed by atoms with van der Waals surface area (Å²) in [5.41, 5.74) is 0.00566. The van der Waals surface area contributed by atoms with E-state index in [1.165, 1.54) is 6.07 Å². The van der Waals surface area contributed by atoms with Gasteiger partial charge < -0.3 is 24.5 Å². The molecule has 1 aromatic carbocycles. The molecule has 132 valence electrons. The van der Waals surface area contributed by atoms with Gasteiger partial charge in [0.25, 0.3) is 5.91 Å². The second-order valence-electron chi connectivity index (χ2n) is 4.84. The van der Waals surface area contributed by atoms with E-state index in [0.717, 1.165) is 11.9 Å². The highest BCUT2D eigenvalue weighted by Crippen LogP contribution is 2.19. The number of ether oxygens (including phenoxy) is 2. The first-order valence-corrected chi connectivity index (χ1v) is 7.32. The normalized spacial score (nSPS) is 10.2. The lowest BCUT2D eigenvalue weighted by molar-refractivity contribution is -0.123. The molecule has 0 aliphatic rings. The molecule has 2 aromatic rings. The number of amides is 1. The van der Waals surface area contributed by atoms with E-state index in [2.05, 4.69) is 10.6 Å². The Labute approximate surface area is 145 Å². The van der Waals surface area contributed by atoms with Crippen molar-refractivity contribution < 1.29 is 18.7 Å². The predicted octanol–water partition coefficient (Wildman–Crippen LogP) is 0.946. The molecular weight excluding hydrogens is 336 g/mol. The highest BCUT2D eigenvalue weighted by molar-refractivity contribution is 5.85. The minimum atomic E-state index is -0.423. The number of benzene rings is 1. The van der Waals surface area contributed by atoms with E-state index in [4.69, 9.17) is 13.9 Å². The van der Waals surface area contributed by atoms with Crippen molar-refractivity contribution in [3.8, 4) is 5.75 Å². The van der Waals surface area contributed by atoms with Gasteiger partial charge >= 0.3 is 5.63 Å². The Morgan fingerprint density at radius 3 is 2.75 bits per heavy atom. The van der Waals surface area contributed by atoms with E-state index in [1.807, 2.05) is 0 Å². The maximum atomic E-state index is 11.7. The lowest BCUT2D eigenvalue weighted by Gasteiger charge is -2.08. The Bertz CT molecular complexity index is 704. The van der Waals surface area contributed by atoms with Crippen molar-refractivity contribution in [1.82, 2.24) is 10.6 Å². The van der Waals surface area contributed by atoms with Crippen molar-refractivity contribution in [3.63, 3.8) is 0 Å². The van der Waals surface area contributed by atoms with Crippen molar-refractivity contribution in [2.75, 3.05) is 40.0 Å². The monoisotopic (exact) mass is 356 g/mol. The molecular formula is C16H21ClN2O5. The zero-order chi connectivity index (χ0) is 16.5. The average molecular weight is 357 g/mol. The van der Waals surface area contributed by atoms with E-state index in [1.54, 1.807) is 31.4 Å². The van der Waals surface area contributed by atoms with Gasteiger partial charge in [-0.15, -0.1) is 12.4 Å². The summed E-state index contributed by atoms with van der Waals surface area (Å²) in [5.74, 6) is 0.258. The third-order valence-corrected chi connectivity index (χ3v) is 3.07. The van der Waals surface area contributed by atoms with E-state index in [-0.39, 0.29) is 24.9 Å². The number of hydrogen-bond donors (Lipinski definition) is 2. The highest BCUT2D eigenvalue weighted by atomic mass is 35.5.